The molecule has 0 saturated heterocycles. The van der Waals surface area contributed by atoms with E-state index in [2.05, 4.69) is 45.5 Å². The molecule has 0 bridgehead atoms. The highest BCUT2D eigenvalue weighted by Crippen LogP contribution is 2.31. The van der Waals surface area contributed by atoms with Crippen molar-refractivity contribution in [3.8, 4) is 0 Å². The van der Waals surface area contributed by atoms with Gasteiger partial charge in [0.2, 0.25) is 0 Å². The van der Waals surface area contributed by atoms with Crippen LogP contribution >= 0.6 is 12.6 Å². The first-order chi connectivity index (χ1) is 10.8. The molecule has 0 fully saturated rings. The van der Waals surface area contributed by atoms with Crippen LogP contribution in [0.5, 0.6) is 0 Å². The molecular weight excluding hydrogens is 310 g/mol. The van der Waals surface area contributed by atoms with E-state index in [9.17, 15) is 4.79 Å². The lowest BCUT2D eigenvalue weighted by atomic mass is 9.86. The summed E-state index contributed by atoms with van der Waals surface area (Å²) in [7, 11) is 0. The smallest absolute Gasteiger partial charge is 0.323 e. The molecule has 0 unspecified atom stereocenters. The summed E-state index contributed by atoms with van der Waals surface area (Å²) in [6.45, 7) is 10.6. The maximum absolute atomic E-state index is 11.1. The minimum Gasteiger partial charge on any atom is -0.480 e. The van der Waals surface area contributed by atoms with Crippen molar-refractivity contribution in [2.24, 2.45) is 0 Å². The Morgan fingerprint density at radius 1 is 1.30 bits per heavy atom. The van der Waals surface area contributed by atoms with Crippen LogP contribution in [-0.4, -0.2) is 28.2 Å². The normalized spacial score (nSPS) is 11.2. The van der Waals surface area contributed by atoms with Crippen LogP contribution in [0.1, 0.15) is 37.6 Å². The summed E-state index contributed by atoms with van der Waals surface area (Å²) in [4.78, 5) is 19.1. The highest BCUT2D eigenvalue weighted by Gasteiger charge is 2.19. The fourth-order valence-corrected chi connectivity index (χ4v) is 3.01. The molecule has 0 spiro atoms. The Labute approximate surface area is 142 Å². The molecule has 0 atom stereocenters. The number of carboxylic acids is 1. The molecule has 0 aliphatic heterocycles. The molecule has 0 aliphatic rings. The van der Waals surface area contributed by atoms with Gasteiger partial charge in [-0.15, -0.1) is 0 Å². The number of benzene rings is 1. The van der Waals surface area contributed by atoms with Crippen LogP contribution in [0.2, 0.25) is 0 Å². The van der Waals surface area contributed by atoms with Crippen molar-refractivity contribution in [1.29, 1.82) is 0 Å². The van der Waals surface area contributed by atoms with Gasteiger partial charge in [0.15, 0.2) is 0 Å². The molecule has 5 heteroatoms. The Kier molecular flexibility index (Phi) is 6.45. The molecule has 1 N–H and O–H groups in total. The zero-order valence-electron chi connectivity index (χ0n) is 14.2. The van der Waals surface area contributed by atoms with Crippen molar-refractivity contribution >= 4 is 36.3 Å². The lowest BCUT2D eigenvalue weighted by Crippen LogP contribution is -2.11. The second kappa shape index (κ2) is 7.68. The number of hydrogen-bond donors (Lipinski definition) is 2. The van der Waals surface area contributed by atoms with Gasteiger partial charge in [0.05, 0.1) is 0 Å². The second-order valence-corrected chi connectivity index (χ2v) is 6.95. The number of aromatic nitrogens is 1. The molecule has 0 amide bonds. The van der Waals surface area contributed by atoms with E-state index in [0.29, 0.717) is 0 Å². The SMILES string of the molecule is C=O.Cc1c(CCS)c2cc(C(C)(C)C)ccc2n1CC(=O)O. The van der Waals surface area contributed by atoms with Crippen LogP contribution in [0.25, 0.3) is 10.9 Å². The Hall–Kier alpha value is -1.75. The third-order valence-electron chi connectivity index (χ3n) is 3.98. The summed E-state index contributed by atoms with van der Waals surface area (Å²) < 4.78 is 1.89. The van der Waals surface area contributed by atoms with E-state index in [1.165, 1.54) is 11.1 Å². The number of hydrogen-bond acceptors (Lipinski definition) is 3. The van der Waals surface area contributed by atoms with Crippen LogP contribution in [0.15, 0.2) is 18.2 Å². The summed E-state index contributed by atoms with van der Waals surface area (Å²) in [5.41, 5.74) is 4.59. The average molecular weight is 335 g/mol. The first-order valence-electron chi connectivity index (χ1n) is 7.49. The number of carbonyl (C=O) groups excluding carboxylic acids is 1. The highest BCUT2D eigenvalue weighted by atomic mass is 32.1. The van der Waals surface area contributed by atoms with E-state index in [1.807, 2.05) is 24.3 Å². The molecule has 4 nitrogen and oxygen atoms in total. The Balaban J connectivity index is 0.00000127. The fourth-order valence-electron chi connectivity index (χ4n) is 2.78. The monoisotopic (exact) mass is 335 g/mol. The van der Waals surface area contributed by atoms with E-state index in [4.69, 9.17) is 9.90 Å². The number of aryl methyl sites for hydroxylation is 1. The minimum atomic E-state index is -0.813. The summed E-state index contributed by atoms with van der Waals surface area (Å²) >= 11 is 4.34. The molecule has 1 heterocycles. The lowest BCUT2D eigenvalue weighted by Gasteiger charge is -2.19. The number of thiol groups is 1. The predicted molar refractivity (Wildman–Crippen MR) is 97.7 cm³/mol. The third-order valence-corrected chi connectivity index (χ3v) is 4.20. The van der Waals surface area contributed by atoms with Crippen molar-refractivity contribution in [3.05, 3.63) is 35.0 Å². The van der Waals surface area contributed by atoms with Gasteiger partial charge in [0.25, 0.3) is 0 Å². The van der Waals surface area contributed by atoms with Crippen molar-refractivity contribution in [1.82, 2.24) is 4.57 Å². The van der Waals surface area contributed by atoms with E-state index in [0.717, 1.165) is 28.8 Å². The first kappa shape index (κ1) is 19.3. The maximum Gasteiger partial charge on any atom is 0.323 e. The molecule has 1 aromatic heterocycles. The number of nitrogens with zero attached hydrogens (tertiary/aromatic N) is 1. The van der Waals surface area contributed by atoms with Gasteiger partial charge in [-0.2, -0.15) is 12.6 Å². The Bertz CT molecular complexity index is 698. The molecule has 126 valence electrons. The lowest BCUT2D eigenvalue weighted by molar-refractivity contribution is -0.137. The molecule has 0 saturated carbocycles. The van der Waals surface area contributed by atoms with Crippen LogP contribution < -0.4 is 0 Å². The first-order valence-corrected chi connectivity index (χ1v) is 8.12. The Morgan fingerprint density at radius 2 is 1.91 bits per heavy atom. The van der Waals surface area contributed by atoms with Gasteiger partial charge < -0.3 is 14.5 Å². The molecule has 23 heavy (non-hydrogen) atoms. The van der Waals surface area contributed by atoms with E-state index in [-0.39, 0.29) is 12.0 Å². The summed E-state index contributed by atoms with van der Waals surface area (Å²) in [6.07, 6.45) is 0.853. The maximum atomic E-state index is 11.1. The third kappa shape index (κ3) is 4.16. The zero-order valence-corrected chi connectivity index (χ0v) is 15.1. The van der Waals surface area contributed by atoms with Crippen molar-refractivity contribution in [2.75, 3.05) is 5.75 Å². The minimum absolute atomic E-state index is 0.00374. The van der Waals surface area contributed by atoms with E-state index >= 15 is 0 Å². The van der Waals surface area contributed by atoms with Crippen molar-refractivity contribution in [2.45, 2.75) is 46.1 Å². The van der Waals surface area contributed by atoms with Crippen molar-refractivity contribution < 1.29 is 14.7 Å². The van der Waals surface area contributed by atoms with Gasteiger partial charge in [-0.3, -0.25) is 4.79 Å². The van der Waals surface area contributed by atoms with Crippen LogP contribution in [0, 0.1) is 6.92 Å². The number of carbonyl (C=O) groups is 2. The van der Waals surface area contributed by atoms with Crippen molar-refractivity contribution in [3.63, 3.8) is 0 Å². The standard InChI is InChI=1S/C17H23NO2S.CH2O/c1-11-13(7-8-21)14-9-12(17(2,3)4)5-6-15(14)18(11)10-16(19)20;1-2/h5-6,9,21H,7-8,10H2,1-4H3,(H,19,20);1H2. The molecule has 2 aromatic rings. The largest absolute Gasteiger partial charge is 0.480 e. The summed E-state index contributed by atoms with van der Waals surface area (Å²) in [5, 5.41) is 10.3. The summed E-state index contributed by atoms with van der Waals surface area (Å²) in [6, 6.07) is 6.36. The molecule has 0 aliphatic carbocycles. The van der Waals surface area contributed by atoms with Gasteiger partial charge in [0, 0.05) is 16.6 Å². The van der Waals surface area contributed by atoms with Crippen LogP contribution in [-0.2, 0) is 28.0 Å². The van der Waals surface area contributed by atoms with Crippen LogP contribution in [0.4, 0.5) is 0 Å². The van der Waals surface area contributed by atoms with Gasteiger partial charge >= 0.3 is 5.97 Å². The Morgan fingerprint density at radius 3 is 2.39 bits per heavy atom. The van der Waals surface area contributed by atoms with E-state index in [1.54, 1.807) is 0 Å². The quantitative estimate of drug-likeness (QED) is 0.839. The molecule has 2 rings (SSSR count). The average Bonchev–Trinajstić information content (AvgIpc) is 2.73. The van der Waals surface area contributed by atoms with Crippen LogP contribution in [0.3, 0.4) is 0 Å². The van der Waals surface area contributed by atoms with Gasteiger partial charge in [-0.1, -0.05) is 26.8 Å². The van der Waals surface area contributed by atoms with Gasteiger partial charge in [0.1, 0.15) is 13.3 Å². The second-order valence-electron chi connectivity index (χ2n) is 6.50. The number of carboxylic acid groups (broad SMARTS) is 1. The van der Waals surface area contributed by atoms with E-state index < -0.39 is 5.97 Å². The summed E-state index contributed by atoms with van der Waals surface area (Å²) in [5.74, 6) is -0.0559. The molecule has 0 radical (unpaired) electrons. The number of rotatable bonds is 4. The molecule has 1 aromatic carbocycles. The predicted octanol–water partition coefficient (Wildman–Crippen LogP) is 3.62. The highest BCUT2D eigenvalue weighted by molar-refractivity contribution is 7.80. The van der Waals surface area contributed by atoms with Gasteiger partial charge in [-0.05, 0) is 47.8 Å². The fraction of sp³-hybridized carbons (Fsp3) is 0.444. The molecular formula is C18H25NO3S. The van der Waals surface area contributed by atoms with Gasteiger partial charge in [-0.25, -0.2) is 0 Å². The number of aliphatic carboxylic acids is 1. The zero-order chi connectivity index (χ0) is 17.8. The topological polar surface area (TPSA) is 59.3 Å². The number of fused-ring (bicyclic) bond motifs is 1.